The summed E-state index contributed by atoms with van der Waals surface area (Å²) < 4.78 is 4.76. The van der Waals surface area contributed by atoms with Crippen molar-refractivity contribution in [2.24, 2.45) is 0 Å². The van der Waals surface area contributed by atoms with Crippen molar-refractivity contribution in [2.75, 3.05) is 33.4 Å². The molecule has 0 aliphatic rings. The molecule has 92 valence electrons. The van der Waals surface area contributed by atoms with E-state index in [0.29, 0.717) is 6.54 Å². The second kappa shape index (κ2) is 7.70. The fourth-order valence-corrected chi connectivity index (χ4v) is 1.00. The summed E-state index contributed by atoms with van der Waals surface area (Å²) in [5.41, 5.74) is 0.889. The summed E-state index contributed by atoms with van der Waals surface area (Å²) in [6, 6.07) is -0.234. The quantitative estimate of drug-likeness (QED) is 0.487. The number of hydrogen-bond donors (Lipinski definition) is 2. The van der Waals surface area contributed by atoms with Crippen LogP contribution in [0.3, 0.4) is 0 Å². The van der Waals surface area contributed by atoms with Crippen molar-refractivity contribution in [2.45, 2.75) is 6.92 Å². The van der Waals surface area contributed by atoms with Gasteiger partial charge in [-0.05, 0) is 6.92 Å². The van der Waals surface area contributed by atoms with Crippen LogP contribution in [0.2, 0.25) is 0 Å². The zero-order chi connectivity index (χ0) is 12.6. The third-order valence-corrected chi connectivity index (χ3v) is 1.60. The molecule has 0 atom stereocenters. The Morgan fingerprint density at radius 3 is 2.62 bits per heavy atom. The number of urea groups is 1. The van der Waals surface area contributed by atoms with Crippen LogP contribution in [0, 0.1) is 0 Å². The smallest absolute Gasteiger partial charge is 0.329 e. The van der Waals surface area contributed by atoms with Crippen LogP contribution in [0.15, 0.2) is 12.2 Å². The maximum Gasteiger partial charge on any atom is 0.329 e. The average molecular weight is 230 g/mol. The molecular weight excluding hydrogens is 212 g/mol. The molecule has 0 spiro atoms. The van der Waals surface area contributed by atoms with Gasteiger partial charge in [-0.2, -0.15) is 0 Å². The van der Waals surface area contributed by atoms with Gasteiger partial charge in [0.05, 0.1) is 6.61 Å². The average Bonchev–Trinajstić information content (AvgIpc) is 2.15. The lowest BCUT2D eigenvalue weighted by Gasteiger charge is -2.17. The number of nitrogens with zero attached hydrogens (tertiary/aromatic N) is 1. The number of carbonyl (C=O) groups excluding carboxylic acids is 1. The van der Waals surface area contributed by atoms with Crippen LogP contribution in [-0.2, 0) is 9.53 Å². The maximum absolute atomic E-state index is 11.4. The van der Waals surface area contributed by atoms with Gasteiger partial charge in [-0.3, -0.25) is 0 Å². The van der Waals surface area contributed by atoms with Crippen molar-refractivity contribution in [3.05, 3.63) is 12.2 Å². The second-order valence-corrected chi connectivity index (χ2v) is 3.49. The monoisotopic (exact) mass is 230 g/mol. The Morgan fingerprint density at radius 2 is 2.12 bits per heavy atom. The predicted octanol–water partition coefficient (Wildman–Crippen LogP) is 0.305. The third-order valence-electron chi connectivity index (χ3n) is 1.60. The Balaban J connectivity index is 3.57. The van der Waals surface area contributed by atoms with Crippen LogP contribution < -0.4 is 5.32 Å². The standard InChI is InChI=1S/C10H18N2O4/c1-8(2)6-12(3)10(15)11-4-5-16-7-9(13)14/h1,4-7H2,2-3H3,(H,11,15)(H,13,14). The number of hydrogen-bond acceptors (Lipinski definition) is 3. The highest BCUT2D eigenvalue weighted by atomic mass is 16.5. The van der Waals surface area contributed by atoms with Crippen molar-refractivity contribution in [1.29, 1.82) is 0 Å². The number of ether oxygens (including phenoxy) is 1. The van der Waals surface area contributed by atoms with E-state index in [1.54, 1.807) is 7.05 Å². The summed E-state index contributed by atoms with van der Waals surface area (Å²) in [6.45, 7) is 6.13. The first kappa shape index (κ1) is 14.4. The van der Waals surface area contributed by atoms with E-state index in [-0.39, 0.29) is 25.8 Å². The summed E-state index contributed by atoms with van der Waals surface area (Å²) in [7, 11) is 1.65. The fraction of sp³-hybridized carbons (Fsp3) is 0.600. The van der Waals surface area contributed by atoms with Crippen LogP contribution >= 0.6 is 0 Å². The molecule has 0 saturated carbocycles. The third kappa shape index (κ3) is 7.81. The molecule has 0 radical (unpaired) electrons. The highest BCUT2D eigenvalue weighted by molar-refractivity contribution is 5.74. The summed E-state index contributed by atoms with van der Waals surface area (Å²) in [4.78, 5) is 23.0. The predicted molar refractivity (Wildman–Crippen MR) is 59.3 cm³/mol. The summed E-state index contributed by atoms with van der Waals surface area (Å²) >= 11 is 0. The van der Waals surface area contributed by atoms with Crippen LogP contribution in [0.1, 0.15) is 6.92 Å². The molecule has 0 aromatic heterocycles. The fourth-order valence-electron chi connectivity index (χ4n) is 1.00. The lowest BCUT2D eigenvalue weighted by atomic mass is 10.3. The van der Waals surface area contributed by atoms with E-state index in [4.69, 9.17) is 9.84 Å². The maximum atomic E-state index is 11.4. The zero-order valence-electron chi connectivity index (χ0n) is 9.65. The number of rotatable bonds is 7. The van der Waals surface area contributed by atoms with Crippen LogP contribution in [0.25, 0.3) is 0 Å². The molecule has 6 heteroatoms. The molecule has 0 aliphatic heterocycles. The van der Waals surface area contributed by atoms with E-state index >= 15 is 0 Å². The summed E-state index contributed by atoms with van der Waals surface area (Å²) in [5, 5.41) is 10.9. The first-order valence-electron chi connectivity index (χ1n) is 4.86. The highest BCUT2D eigenvalue weighted by Gasteiger charge is 2.06. The van der Waals surface area contributed by atoms with E-state index in [1.807, 2.05) is 6.92 Å². The number of amides is 2. The van der Waals surface area contributed by atoms with E-state index in [9.17, 15) is 9.59 Å². The molecular formula is C10H18N2O4. The van der Waals surface area contributed by atoms with Gasteiger partial charge in [-0.15, -0.1) is 0 Å². The van der Waals surface area contributed by atoms with E-state index in [2.05, 4.69) is 11.9 Å². The number of aliphatic carboxylic acids is 1. The Bertz CT molecular complexity index is 266. The van der Waals surface area contributed by atoms with Crippen LogP contribution in [0.4, 0.5) is 4.79 Å². The Morgan fingerprint density at radius 1 is 1.50 bits per heavy atom. The van der Waals surface area contributed by atoms with Gasteiger partial charge in [0.1, 0.15) is 6.61 Å². The van der Waals surface area contributed by atoms with Gasteiger partial charge in [0, 0.05) is 20.1 Å². The van der Waals surface area contributed by atoms with E-state index in [0.717, 1.165) is 5.57 Å². The number of nitrogens with one attached hydrogen (secondary N) is 1. The lowest BCUT2D eigenvalue weighted by Crippen LogP contribution is -2.39. The molecule has 0 aromatic carbocycles. The normalized spacial score (nSPS) is 9.62. The second-order valence-electron chi connectivity index (χ2n) is 3.49. The molecule has 0 saturated heterocycles. The first-order valence-corrected chi connectivity index (χ1v) is 4.86. The van der Waals surface area contributed by atoms with Crippen molar-refractivity contribution in [3.8, 4) is 0 Å². The molecule has 0 bridgehead atoms. The highest BCUT2D eigenvalue weighted by Crippen LogP contribution is 1.92. The van der Waals surface area contributed by atoms with Gasteiger partial charge in [-0.1, -0.05) is 12.2 Å². The minimum absolute atomic E-state index is 0.180. The lowest BCUT2D eigenvalue weighted by molar-refractivity contribution is -0.142. The molecule has 0 heterocycles. The van der Waals surface area contributed by atoms with Gasteiger partial charge in [0.2, 0.25) is 0 Å². The van der Waals surface area contributed by atoms with Crippen LogP contribution in [0.5, 0.6) is 0 Å². The molecule has 0 rings (SSSR count). The minimum atomic E-state index is -1.02. The number of likely N-dealkylation sites (N-methyl/N-ethyl adjacent to an activating group) is 1. The molecule has 0 fully saturated rings. The number of carboxylic acid groups (broad SMARTS) is 1. The largest absolute Gasteiger partial charge is 0.480 e. The molecule has 0 aromatic rings. The Labute approximate surface area is 94.9 Å². The molecule has 2 N–H and O–H groups in total. The SMILES string of the molecule is C=C(C)CN(C)C(=O)NCCOCC(=O)O. The van der Waals surface area contributed by atoms with Crippen LogP contribution in [-0.4, -0.2) is 55.4 Å². The number of carbonyl (C=O) groups is 2. The first-order chi connectivity index (χ1) is 7.43. The van der Waals surface area contributed by atoms with Gasteiger partial charge < -0.3 is 20.1 Å². The Kier molecular flexibility index (Phi) is 6.95. The molecule has 2 amide bonds. The van der Waals surface area contributed by atoms with Gasteiger partial charge in [0.15, 0.2) is 0 Å². The summed E-state index contributed by atoms with van der Waals surface area (Å²) in [6.07, 6.45) is 0. The van der Waals surface area contributed by atoms with Crippen molar-refractivity contribution < 1.29 is 19.4 Å². The topological polar surface area (TPSA) is 78.9 Å². The molecule has 16 heavy (non-hydrogen) atoms. The Hall–Kier alpha value is -1.56. The van der Waals surface area contributed by atoms with Crippen molar-refractivity contribution >= 4 is 12.0 Å². The van der Waals surface area contributed by atoms with Gasteiger partial charge in [-0.25, -0.2) is 9.59 Å². The molecule has 6 nitrogen and oxygen atoms in total. The van der Waals surface area contributed by atoms with E-state index in [1.165, 1.54) is 4.90 Å². The summed E-state index contributed by atoms with van der Waals surface area (Å²) in [5.74, 6) is -1.02. The molecule has 0 unspecified atom stereocenters. The molecule has 0 aliphatic carbocycles. The van der Waals surface area contributed by atoms with E-state index < -0.39 is 5.97 Å². The number of carboxylic acids is 1. The van der Waals surface area contributed by atoms with Gasteiger partial charge in [0.25, 0.3) is 0 Å². The van der Waals surface area contributed by atoms with Crippen molar-refractivity contribution in [1.82, 2.24) is 10.2 Å². The minimum Gasteiger partial charge on any atom is -0.480 e. The zero-order valence-corrected chi connectivity index (χ0v) is 9.65. The van der Waals surface area contributed by atoms with Gasteiger partial charge >= 0.3 is 12.0 Å². The van der Waals surface area contributed by atoms with Crippen molar-refractivity contribution in [3.63, 3.8) is 0 Å².